The molecule has 2 aliphatic carbocycles. The standard InChI is InChI=1S/C23H27N3O.C21H25N3OS.C2H6/c1-26(2)22(17-7-4-3-5-8-17)11-13-23(14-12-22)20-18(10-16-27-23)19-9-6-15-24-21(19)25-20;1-24(2)20(17-6-4-14-26-17)8-10-21(11-9-20)18-15(7-13-25-21)16-5-3-12-22-19(16)23-18;1-2/h3-9,15H,10-14,16H2,1-2H3,(H,24,25);3-6,12,14H,7-11,13H2,1-2H3,(H,22,23);1-2H3. The Morgan fingerprint density at radius 1 is 0.582 bits per heavy atom. The van der Waals surface area contributed by atoms with Crippen LogP contribution in [-0.2, 0) is 44.6 Å². The summed E-state index contributed by atoms with van der Waals surface area (Å²) in [5, 5.41) is 4.74. The molecule has 10 rings (SSSR count). The van der Waals surface area contributed by atoms with Crippen LogP contribution in [0.15, 0.2) is 84.5 Å². The third-order valence-corrected chi connectivity index (χ3v) is 14.6. The first-order chi connectivity index (χ1) is 26.8. The third kappa shape index (κ3) is 6.36. The number of hydrogen-bond acceptors (Lipinski definition) is 7. The highest BCUT2D eigenvalue weighted by Gasteiger charge is 2.51. The van der Waals surface area contributed by atoms with Crippen LogP contribution in [0.25, 0.3) is 22.1 Å². The number of aromatic nitrogens is 4. The summed E-state index contributed by atoms with van der Waals surface area (Å²) in [6.45, 7) is 5.61. The van der Waals surface area contributed by atoms with Gasteiger partial charge in [0, 0.05) is 33.6 Å². The van der Waals surface area contributed by atoms with E-state index in [0.29, 0.717) is 0 Å². The van der Waals surface area contributed by atoms with E-state index in [9.17, 15) is 0 Å². The van der Waals surface area contributed by atoms with Crippen molar-refractivity contribution in [3.8, 4) is 0 Å². The van der Waals surface area contributed by atoms with Crippen molar-refractivity contribution in [3.05, 3.63) is 117 Å². The second-order valence-corrected chi connectivity index (χ2v) is 17.1. The van der Waals surface area contributed by atoms with Crippen LogP contribution in [0.1, 0.15) is 98.2 Å². The van der Waals surface area contributed by atoms with Gasteiger partial charge in [0.25, 0.3) is 0 Å². The number of hydrogen-bond donors (Lipinski definition) is 2. The quantitative estimate of drug-likeness (QED) is 0.186. The van der Waals surface area contributed by atoms with Crippen LogP contribution in [0.5, 0.6) is 0 Å². The molecule has 5 aromatic heterocycles. The first kappa shape index (κ1) is 38.0. The van der Waals surface area contributed by atoms with Crippen molar-refractivity contribution < 1.29 is 9.47 Å². The minimum Gasteiger partial charge on any atom is -0.368 e. The lowest BCUT2D eigenvalue weighted by molar-refractivity contribution is -0.113. The lowest BCUT2D eigenvalue weighted by Crippen LogP contribution is -2.50. The topological polar surface area (TPSA) is 82.3 Å². The fourth-order valence-electron chi connectivity index (χ4n) is 10.4. The van der Waals surface area contributed by atoms with Gasteiger partial charge in [-0.25, -0.2) is 9.97 Å². The zero-order valence-corrected chi connectivity index (χ0v) is 34.4. The molecule has 0 amide bonds. The SMILES string of the molecule is CC.CN(C)C1(c2ccccc2)CCC2(CC1)OCCc1c2[nH]c2ncccc12.CN(C)C1(c2cccs2)CCC2(CC1)OCCc1c2[nH]c2ncccc12. The van der Waals surface area contributed by atoms with Gasteiger partial charge in [0.1, 0.15) is 22.5 Å². The predicted molar refractivity (Wildman–Crippen MR) is 225 cm³/mol. The van der Waals surface area contributed by atoms with Crippen LogP contribution >= 0.6 is 11.3 Å². The maximum atomic E-state index is 6.49. The Balaban J connectivity index is 0.000000149. The lowest BCUT2D eigenvalue weighted by atomic mass is 9.68. The van der Waals surface area contributed by atoms with Crippen molar-refractivity contribution in [2.24, 2.45) is 0 Å². The number of nitrogens with zero attached hydrogens (tertiary/aromatic N) is 4. The molecule has 2 saturated carbocycles. The molecule has 7 heterocycles. The average molecular weight is 759 g/mol. The van der Waals surface area contributed by atoms with Crippen molar-refractivity contribution >= 4 is 33.4 Å². The van der Waals surface area contributed by atoms with E-state index in [1.807, 2.05) is 49.7 Å². The van der Waals surface area contributed by atoms with Gasteiger partial charge in [-0.15, -0.1) is 11.3 Å². The highest BCUT2D eigenvalue weighted by Crippen LogP contribution is 2.54. The van der Waals surface area contributed by atoms with Crippen LogP contribution in [0.3, 0.4) is 0 Å². The number of benzene rings is 1. The van der Waals surface area contributed by atoms with E-state index in [-0.39, 0.29) is 22.3 Å². The summed E-state index contributed by atoms with van der Waals surface area (Å²) in [5.74, 6) is 0. The molecular formula is C46H58N6O2S. The molecule has 0 unspecified atom stereocenters. The van der Waals surface area contributed by atoms with Gasteiger partial charge in [-0.05, 0) is 145 Å². The van der Waals surface area contributed by atoms with Crippen LogP contribution in [0.4, 0.5) is 0 Å². The molecule has 4 aliphatic rings. The van der Waals surface area contributed by atoms with Crippen molar-refractivity contribution in [3.63, 3.8) is 0 Å². The van der Waals surface area contributed by atoms with Gasteiger partial charge in [0.05, 0.1) is 30.1 Å². The minimum absolute atomic E-state index is 0.0811. The number of pyridine rings is 2. The highest BCUT2D eigenvalue weighted by atomic mass is 32.1. The van der Waals surface area contributed by atoms with E-state index < -0.39 is 0 Å². The second-order valence-electron chi connectivity index (χ2n) is 16.1. The van der Waals surface area contributed by atoms with Gasteiger partial charge in [-0.2, -0.15) is 0 Å². The summed E-state index contributed by atoms with van der Waals surface area (Å²) >= 11 is 1.88. The summed E-state index contributed by atoms with van der Waals surface area (Å²) in [7, 11) is 8.87. The van der Waals surface area contributed by atoms with Crippen LogP contribution in [0.2, 0.25) is 0 Å². The van der Waals surface area contributed by atoms with Crippen molar-refractivity contribution in [1.29, 1.82) is 0 Å². The first-order valence-corrected chi connectivity index (χ1v) is 21.3. The van der Waals surface area contributed by atoms with Gasteiger partial charge in [-0.3, -0.25) is 9.80 Å². The van der Waals surface area contributed by atoms with Crippen LogP contribution in [-0.4, -0.2) is 71.1 Å². The van der Waals surface area contributed by atoms with Crippen LogP contribution in [0, 0.1) is 0 Å². The molecule has 0 radical (unpaired) electrons. The van der Waals surface area contributed by atoms with Gasteiger partial charge in [0.15, 0.2) is 0 Å². The van der Waals surface area contributed by atoms with E-state index in [0.717, 1.165) is 88.7 Å². The molecule has 9 heteroatoms. The summed E-state index contributed by atoms with van der Waals surface area (Å²) in [4.78, 5) is 22.6. The largest absolute Gasteiger partial charge is 0.368 e. The zero-order chi connectivity index (χ0) is 38.3. The van der Waals surface area contributed by atoms with Crippen molar-refractivity contribution in [1.82, 2.24) is 29.7 Å². The second kappa shape index (κ2) is 15.2. The molecule has 2 spiro atoms. The van der Waals surface area contributed by atoms with Gasteiger partial charge >= 0.3 is 0 Å². The van der Waals surface area contributed by atoms with Gasteiger partial charge in [0.2, 0.25) is 0 Å². The Labute approximate surface area is 330 Å². The predicted octanol–water partition coefficient (Wildman–Crippen LogP) is 9.81. The molecule has 6 aromatic rings. The maximum absolute atomic E-state index is 6.49. The Morgan fingerprint density at radius 2 is 1.07 bits per heavy atom. The van der Waals surface area contributed by atoms with Crippen molar-refractivity contribution in [2.45, 2.75) is 100 Å². The normalized spacial score (nSPS) is 27.4. The molecule has 2 fully saturated rings. The molecule has 0 saturated heterocycles. The fourth-order valence-corrected chi connectivity index (χ4v) is 11.5. The molecule has 1 aromatic carbocycles. The van der Waals surface area contributed by atoms with E-state index in [2.05, 4.69) is 118 Å². The fraction of sp³-hybridized carbons (Fsp3) is 0.478. The number of H-pyrrole nitrogens is 2. The van der Waals surface area contributed by atoms with Gasteiger partial charge in [-0.1, -0.05) is 50.2 Å². The molecule has 55 heavy (non-hydrogen) atoms. The molecule has 2 N–H and O–H groups in total. The number of thiophene rings is 1. The molecule has 0 atom stereocenters. The Bertz CT molecular complexity index is 2190. The Morgan fingerprint density at radius 3 is 1.53 bits per heavy atom. The highest BCUT2D eigenvalue weighted by molar-refractivity contribution is 7.10. The number of aromatic amines is 2. The number of rotatable bonds is 4. The molecule has 2 aliphatic heterocycles. The molecule has 8 nitrogen and oxygen atoms in total. The summed E-state index contributed by atoms with van der Waals surface area (Å²) in [5.41, 5.74) is 8.67. The lowest BCUT2D eigenvalue weighted by Gasteiger charge is -2.50. The van der Waals surface area contributed by atoms with Crippen molar-refractivity contribution in [2.75, 3.05) is 41.4 Å². The Hall–Kier alpha value is -3.86. The van der Waals surface area contributed by atoms with E-state index in [1.165, 1.54) is 43.7 Å². The van der Waals surface area contributed by atoms with Gasteiger partial charge < -0.3 is 19.4 Å². The number of nitrogens with one attached hydrogen (secondary N) is 2. The average Bonchev–Trinajstić information content (AvgIpc) is 4.00. The van der Waals surface area contributed by atoms with E-state index in [1.54, 1.807) is 0 Å². The smallest absolute Gasteiger partial charge is 0.137 e. The van der Waals surface area contributed by atoms with E-state index in [4.69, 9.17) is 9.47 Å². The summed E-state index contributed by atoms with van der Waals surface area (Å²) in [6.07, 6.45) is 14.2. The zero-order valence-electron chi connectivity index (χ0n) is 33.6. The molecule has 290 valence electrons. The molecule has 0 bridgehead atoms. The van der Waals surface area contributed by atoms with Crippen LogP contribution < -0.4 is 0 Å². The monoisotopic (exact) mass is 758 g/mol. The minimum atomic E-state index is -0.192. The number of fused-ring (bicyclic) bond motifs is 8. The summed E-state index contributed by atoms with van der Waals surface area (Å²) < 4.78 is 13.0. The Kier molecular flexibility index (Phi) is 10.5. The maximum Gasteiger partial charge on any atom is 0.137 e. The van der Waals surface area contributed by atoms with E-state index >= 15 is 0 Å². The number of ether oxygens (including phenoxy) is 2. The third-order valence-electron chi connectivity index (χ3n) is 13.5. The molecular weight excluding hydrogens is 701 g/mol. The summed E-state index contributed by atoms with van der Waals surface area (Å²) in [6, 6.07) is 23.9. The first-order valence-electron chi connectivity index (χ1n) is 20.4.